The molecule has 1 aliphatic rings. The number of hydrogen-bond donors (Lipinski definition) is 3. The van der Waals surface area contributed by atoms with Gasteiger partial charge in [0.05, 0.1) is 5.92 Å². The zero-order chi connectivity index (χ0) is 13.0. The average molecular weight is 240 g/mol. The zero-order valence-corrected chi connectivity index (χ0v) is 10.2. The second kappa shape index (κ2) is 5.82. The van der Waals surface area contributed by atoms with Gasteiger partial charge in [0.25, 0.3) is 0 Å². The summed E-state index contributed by atoms with van der Waals surface area (Å²) in [6.45, 7) is 3.72. The molecule has 0 radical (unpaired) electrons. The lowest BCUT2D eigenvalue weighted by atomic mass is 9.98. The van der Waals surface area contributed by atoms with Crippen molar-refractivity contribution in [2.45, 2.75) is 38.8 Å². The van der Waals surface area contributed by atoms with Gasteiger partial charge in [-0.3, -0.25) is 4.79 Å². The Labute approximate surface area is 101 Å². The number of carboxylic acid groups (broad SMARTS) is 1. The standard InChI is InChI=1S/C12H20N2O3/c1-3-7(2)10(12(16)17)14-11(15)8-4-5-9(13)6-8/h4-5,7-10H,3,6,13H2,1-2H3,(H,14,15)(H,16,17)/t7-,8?,9?,10-/m0/s1. The molecule has 5 nitrogen and oxygen atoms in total. The van der Waals surface area contributed by atoms with E-state index >= 15 is 0 Å². The molecule has 1 aliphatic carbocycles. The fraction of sp³-hybridized carbons (Fsp3) is 0.667. The molecular weight excluding hydrogens is 220 g/mol. The SMILES string of the molecule is CC[C@H](C)[C@H](NC(=O)C1C=CC(N)C1)C(=O)O. The van der Waals surface area contributed by atoms with Crippen molar-refractivity contribution < 1.29 is 14.7 Å². The normalized spacial score (nSPS) is 26.5. The van der Waals surface area contributed by atoms with E-state index < -0.39 is 12.0 Å². The monoisotopic (exact) mass is 240 g/mol. The molecule has 4 atom stereocenters. The van der Waals surface area contributed by atoms with E-state index in [1.165, 1.54) is 0 Å². The summed E-state index contributed by atoms with van der Waals surface area (Å²) in [5.41, 5.74) is 5.66. The number of amides is 1. The van der Waals surface area contributed by atoms with Gasteiger partial charge in [-0.1, -0.05) is 32.4 Å². The Balaban J connectivity index is 2.59. The summed E-state index contributed by atoms with van der Waals surface area (Å²) in [6.07, 6.45) is 4.79. The molecule has 0 aromatic rings. The highest BCUT2D eigenvalue weighted by Crippen LogP contribution is 2.17. The maximum Gasteiger partial charge on any atom is 0.326 e. The third-order valence-electron chi connectivity index (χ3n) is 3.23. The molecule has 1 amide bonds. The summed E-state index contributed by atoms with van der Waals surface area (Å²) >= 11 is 0. The van der Waals surface area contributed by atoms with Gasteiger partial charge < -0.3 is 16.2 Å². The van der Waals surface area contributed by atoms with Crippen molar-refractivity contribution >= 4 is 11.9 Å². The first kappa shape index (κ1) is 13.7. The van der Waals surface area contributed by atoms with Crippen LogP contribution in [0.25, 0.3) is 0 Å². The molecule has 96 valence electrons. The predicted molar refractivity (Wildman–Crippen MR) is 64.2 cm³/mol. The number of carboxylic acids is 1. The van der Waals surface area contributed by atoms with E-state index in [9.17, 15) is 9.59 Å². The minimum Gasteiger partial charge on any atom is -0.480 e. The average Bonchev–Trinajstić information content (AvgIpc) is 2.71. The second-order valence-electron chi connectivity index (χ2n) is 4.60. The van der Waals surface area contributed by atoms with Gasteiger partial charge in [-0.25, -0.2) is 4.79 Å². The summed E-state index contributed by atoms with van der Waals surface area (Å²) in [5, 5.41) is 11.6. The summed E-state index contributed by atoms with van der Waals surface area (Å²) in [5.74, 6) is -1.62. The highest BCUT2D eigenvalue weighted by atomic mass is 16.4. The molecule has 0 saturated heterocycles. The van der Waals surface area contributed by atoms with Gasteiger partial charge in [0.2, 0.25) is 5.91 Å². The second-order valence-corrected chi connectivity index (χ2v) is 4.60. The number of hydrogen-bond acceptors (Lipinski definition) is 3. The lowest BCUT2D eigenvalue weighted by molar-refractivity contribution is -0.143. The molecular formula is C12H20N2O3. The third kappa shape index (κ3) is 3.56. The van der Waals surface area contributed by atoms with Gasteiger partial charge in [-0.15, -0.1) is 0 Å². The number of carbonyl (C=O) groups is 2. The maximum atomic E-state index is 11.8. The van der Waals surface area contributed by atoms with Gasteiger partial charge in [-0.2, -0.15) is 0 Å². The fourth-order valence-corrected chi connectivity index (χ4v) is 1.87. The van der Waals surface area contributed by atoms with Crippen LogP contribution in [0.4, 0.5) is 0 Å². The van der Waals surface area contributed by atoms with Crippen LogP contribution in [0.5, 0.6) is 0 Å². The number of rotatable bonds is 5. The first-order valence-electron chi connectivity index (χ1n) is 5.92. The van der Waals surface area contributed by atoms with E-state index in [-0.39, 0.29) is 23.8 Å². The molecule has 0 aliphatic heterocycles. The maximum absolute atomic E-state index is 11.8. The van der Waals surface area contributed by atoms with Crippen molar-refractivity contribution in [3.8, 4) is 0 Å². The van der Waals surface area contributed by atoms with Crippen molar-refractivity contribution in [1.82, 2.24) is 5.32 Å². The van der Waals surface area contributed by atoms with Crippen LogP contribution in [0.1, 0.15) is 26.7 Å². The highest BCUT2D eigenvalue weighted by Gasteiger charge is 2.29. The Bertz CT molecular complexity index is 328. The molecule has 1 rings (SSSR count). The van der Waals surface area contributed by atoms with Gasteiger partial charge in [0, 0.05) is 6.04 Å². The van der Waals surface area contributed by atoms with Crippen molar-refractivity contribution in [1.29, 1.82) is 0 Å². The Morgan fingerprint density at radius 2 is 2.18 bits per heavy atom. The van der Waals surface area contributed by atoms with Crippen molar-refractivity contribution in [3.05, 3.63) is 12.2 Å². The van der Waals surface area contributed by atoms with E-state index in [1.807, 2.05) is 13.8 Å². The van der Waals surface area contributed by atoms with Crippen LogP contribution in [0.2, 0.25) is 0 Å². The number of nitrogens with two attached hydrogens (primary N) is 1. The van der Waals surface area contributed by atoms with Crippen molar-refractivity contribution in [2.75, 3.05) is 0 Å². The molecule has 0 aromatic heterocycles. The smallest absolute Gasteiger partial charge is 0.326 e. The summed E-state index contributed by atoms with van der Waals surface area (Å²) < 4.78 is 0. The van der Waals surface area contributed by atoms with Crippen LogP contribution in [0.3, 0.4) is 0 Å². The van der Waals surface area contributed by atoms with Crippen LogP contribution < -0.4 is 11.1 Å². The summed E-state index contributed by atoms with van der Waals surface area (Å²) in [4.78, 5) is 22.9. The summed E-state index contributed by atoms with van der Waals surface area (Å²) in [6, 6.07) is -0.921. The van der Waals surface area contributed by atoms with Gasteiger partial charge >= 0.3 is 5.97 Å². The number of nitrogens with one attached hydrogen (secondary N) is 1. The van der Waals surface area contributed by atoms with E-state index in [2.05, 4.69) is 5.32 Å². The van der Waals surface area contributed by atoms with Crippen LogP contribution in [-0.4, -0.2) is 29.1 Å². The first-order valence-corrected chi connectivity index (χ1v) is 5.92. The molecule has 0 fully saturated rings. The van der Waals surface area contributed by atoms with Crippen LogP contribution in [0.15, 0.2) is 12.2 Å². The van der Waals surface area contributed by atoms with E-state index in [0.29, 0.717) is 12.8 Å². The van der Waals surface area contributed by atoms with Crippen molar-refractivity contribution in [2.24, 2.45) is 17.6 Å². The number of carbonyl (C=O) groups excluding carboxylic acids is 1. The Morgan fingerprint density at radius 1 is 1.53 bits per heavy atom. The van der Waals surface area contributed by atoms with Gasteiger partial charge in [0.1, 0.15) is 6.04 Å². The molecule has 0 heterocycles. The van der Waals surface area contributed by atoms with Gasteiger partial charge in [-0.05, 0) is 12.3 Å². The Morgan fingerprint density at radius 3 is 2.59 bits per heavy atom. The minimum absolute atomic E-state index is 0.0875. The van der Waals surface area contributed by atoms with Crippen LogP contribution in [0, 0.1) is 11.8 Å². The van der Waals surface area contributed by atoms with Crippen LogP contribution >= 0.6 is 0 Å². The number of aliphatic carboxylic acids is 1. The molecule has 17 heavy (non-hydrogen) atoms. The minimum atomic E-state index is -0.987. The molecule has 2 unspecified atom stereocenters. The van der Waals surface area contributed by atoms with Gasteiger partial charge in [0.15, 0.2) is 0 Å². The molecule has 4 N–H and O–H groups in total. The lowest BCUT2D eigenvalue weighted by Crippen LogP contribution is -2.47. The quantitative estimate of drug-likeness (QED) is 0.610. The molecule has 0 bridgehead atoms. The molecule has 0 aromatic carbocycles. The predicted octanol–water partition coefficient (Wildman–Crippen LogP) is 0.505. The molecule has 0 spiro atoms. The van der Waals surface area contributed by atoms with E-state index in [4.69, 9.17) is 10.8 Å². The largest absolute Gasteiger partial charge is 0.480 e. The Kier molecular flexibility index (Phi) is 4.69. The van der Waals surface area contributed by atoms with E-state index in [0.717, 1.165) is 0 Å². The Hall–Kier alpha value is -1.36. The first-order chi connectivity index (χ1) is 7.95. The van der Waals surface area contributed by atoms with E-state index in [1.54, 1.807) is 12.2 Å². The fourth-order valence-electron chi connectivity index (χ4n) is 1.87. The topological polar surface area (TPSA) is 92.4 Å². The third-order valence-corrected chi connectivity index (χ3v) is 3.23. The van der Waals surface area contributed by atoms with Crippen LogP contribution in [-0.2, 0) is 9.59 Å². The molecule has 0 saturated carbocycles. The zero-order valence-electron chi connectivity index (χ0n) is 10.2. The summed E-state index contributed by atoms with van der Waals surface area (Å²) in [7, 11) is 0. The molecule has 5 heteroatoms. The lowest BCUT2D eigenvalue weighted by Gasteiger charge is -2.21. The highest BCUT2D eigenvalue weighted by molar-refractivity contribution is 5.86. The van der Waals surface area contributed by atoms with Crippen molar-refractivity contribution in [3.63, 3.8) is 0 Å².